The predicted molar refractivity (Wildman–Crippen MR) is 77.6 cm³/mol. The van der Waals surface area contributed by atoms with Crippen LogP contribution in [0.5, 0.6) is 5.75 Å². The van der Waals surface area contributed by atoms with Crippen molar-refractivity contribution in [1.82, 2.24) is 5.32 Å². The molecule has 0 unspecified atom stereocenters. The monoisotopic (exact) mass is 315 g/mol. The van der Waals surface area contributed by atoms with Crippen molar-refractivity contribution < 1.29 is 23.7 Å². The molecule has 6 nitrogen and oxygen atoms in total. The van der Waals surface area contributed by atoms with Gasteiger partial charge in [0.05, 0.1) is 5.56 Å². The summed E-state index contributed by atoms with van der Waals surface area (Å²) in [5, 5.41) is 11.2. The fourth-order valence-corrected chi connectivity index (χ4v) is 2.03. The van der Waals surface area contributed by atoms with Crippen molar-refractivity contribution >= 4 is 41.7 Å². The zero-order chi connectivity index (χ0) is 15.1. The maximum atomic E-state index is 11.7. The van der Waals surface area contributed by atoms with E-state index in [9.17, 15) is 19.5 Å². The molecule has 0 aliphatic carbocycles. The highest BCUT2D eigenvalue weighted by atomic mass is 32.2. The summed E-state index contributed by atoms with van der Waals surface area (Å²) in [6, 6.07) is 4.96. The first-order valence-electron chi connectivity index (χ1n) is 5.54. The molecule has 1 amide bonds. The van der Waals surface area contributed by atoms with Gasteiger partial charge in [0.15, 0.2) is 0 Å². The van der Waals surface area contributed by atoms with Crippen LogP contribution in [0.15, 0.2) is 24.3 Å². The van der Waals surface area contributed by atoms with Gasteiger partial charge in [0, 0.05) is 12.7 Å². The van der Waals surface area contributed by atoms with Gasteiger partial charge in [-0.25, -0.2) is 4.79 Å². The SMILES string of the molecule is CC(=O)N[C@@H](CS)C(=O)OSC(=O)c1ccccc1O. The molecule has 0 aliphatic rings. The molecule has 8 heteroatoms. The van der Waals surface area contributed by atoms with E-state index in [4.69, 9.17) is 4.18 Å². The van der Waals surface area contributed by atoms with Gasteiger partial charge in [0.25, 0.3) is 5.12 Å². The minimum absolute atomic E-state index is 0.0345. The average molecular weight is 315 g/mol. The van der Waals surface area contributed by atoms with Crippen molar-refractivity contribution in [3.63, 3.8) is 0 Å². The summed E-state index contributed by atoms with van der Waals surface area (Å²) in [5.41, 5.74) is 0.0345. The largest absolute Gasteiger partial charge is 0.507 e. The van der Waals surface area contributed by atoms with E-state index in [0.29, 0.717) is 0 Å². The van der Waals surface area contributed by atoms with Gasteiger partial charge in [-0.2, -0.15) is 12.6 Å². The van der Waals surface area contributed by atoms with Crippen LogP contribution in [0.3, 0.4) is 0 Å². The number of thiol groups is 1. The Labute approximate surface area is 125 Å². The van der Waals surface area contributed by atoms with Crippen LogP contribution in [-0.2, 0) is 13.8 Å². The van der Waals surface area contributed by atoms with E-state index in [1.165, 1.54) is 19.1 Å². The number of phenols is 1. The summed E-state index contributed by atoms with van der Waals surface area (Å²) in [5.74, 6) is -1.35. The topological polar surface area (TPSA) is 92.7 Å². The molecule has 20 heavy (non-hydrogen) atoms. The third kappa shape index (κ3) is 4.78. The summed E-state index contributed by atoms with van der Waals surface area (Å²) >= 11 is 4.20. The molecule has 0 aliphatic heterocycles. The second-order valence-electron chi connectivity index (χ2n) is 3.73. The fourth-order valence-electron chi connectivity index (χ4n) is 1.25. The van der Waals surface area contributed by atoms with Crippen LogP contribution in [0.2, 0.25) is 0 Å². The van der Waals surface area contributed by atoms with Gasteiger partial charge in [-0.05, 0) is 12.1 Å². The molecule has 1 aromatic rings. The van der Waals surface area contributed by atoms with Crippen LogP contribution in [-0.4, -0.2) is 33.9 Å². The van der Waals surface area contributed by atoms with Crippen molar-refractivity contribution in [3.05, 3.63) is 29.8 Å². The second kappa shape index (κ2) is 7.81. The Hall–Kier alpha value is -1.67. The summed E-state index contributed by atoms with van der Waals surface area (Å²) in [4.78, 5) is 34.2. The Morgan fingerprint density at radius 1 is 1.40 bits per heavy atom. The van der Waals surface area contributed by atoms with Crippen LogP contribution < -0.4 is 5.32 Å². The van der Waals surface area contributed by atoms with Crippen molar-refractivity contribution in [2.24, 2.45) is 0 Å². The van der Waals surface area contributed by atoms with Gasteiger partial charge in [-0.15, -0.1) is 0 Å². The number of carbonyl (C=O) groups is 3. The van der Waals surface area contributed by atoms with Gasteiger partial charge in [0.2, 0.25) is 5.91 Å². The lowest BCUT2D eigenvalue weighted by Gasteiger charge is -2.12. The zero-order valence-electron chi connectivity index (χ0n) is 10.5. The summed E-state index contributed by atoms with van der Waals surface area (Å²) in [6.45, 7) is 1.25. The Morgan fingerprint density at radius 2 is 2.05 bits per heavy atom. The minimum atomic E-state index is -0.930. The fraction of sp³-hybridized carbons (Fsp3) is 0.250. The van der Waals surface area contributed by atoms with Crippen LogP contribution in [0.25, 0.3) is 0 Å². The van der Waals surface area contributed by atoms with Crippen LogP contribution in [0.4, 0.5) is 0 Å². The molecule has 1 atom stereocenters. The van der Waals surface area contributed by atoms with Gasteiger partial charge in [0.1, 0.15) is 23.8 Å². The molecule has 0 bridgehead atoms. The summed E-state index contributed by atoms with van der Waals surface area (Å²) in [7, 11) is 0. The lowest BCUT2D eigenvalue weighted by molar-refractivity contribution is -0.137. The number of rotatable bonds is 4. The molecule has 2 N–H and O–H groups in total. The van der Waals surface area contributed by atoms with Crippen molar-refractivity contribution in [2.45, 2.75) is 13.0 Å². The first-order valence-corrected chi connectivity index (χ1v) is 6.91. The third-order valence-corrected chi connectivity index (χ3v) is 3.15. The molecule has 0 heterocycles. The molecule has 0 spiro atoms. The molecule has 1 aromatic carbocycles. The second-order valence-corrected chi connectivity index (χ2v) is 4.80. The van der Waals surface area contributed by atoms with Crippen LogP contribution in [0.1, 0.15) is 17.3 Å². The molecule has 0 fully saturated rings. The molecule has 1 rings (SSSR count). The number of benzene rings is 1. The number of phenolic OH excluding ortho intramolecular Hbond substituents is 1. The van der Waals surface area contributed by atoms with Crippen molar-refractivity contribution in [3.8, 4) is 5.75 Å². The van der Waals surface area contributed by atoms with E-state index in [-0.39, 0.29) is 29.1 Å². The number of amides is 1. The number of hydrogen-bond donors (Lipinski definition) is 3. The lowest BCUT2D eigenvalue weighted by atomic mass is 10.2. The van der Waals surface area contributed by atoms with E-state index in [2.05, 4.69) is 17.9 Å². The highest BCUT2D eigenvalue weighted by Crippen LogP contribution is 2.22. The predicted octanol–water partition coefficient (Wildman–Crippen LogP) is 1.16. The standard InChI is InChI=1S/C12H13NO5S2/c1-7(14)13-9(6-19)11(16)18-20-12(17)8-4-2-3-5-10(8)15/h2-5,9,15,19H,6H2,1H3,(H,13,14)/t9-/m0/s1. The third-order valence-electron chi connectivity index (χ3n) is 2.17. The Bertz CT molecular complexity index is 520. The van der Waals surface area contributed by atoms with Gasteiger partial charge < -0.3 is 14.6 Å². The van der Waals surface area contributed by atoms with E-state index >= 15 is 0 Å². The maximum Gasteiger partial charge on any atom is 0.341 e. The first kappa shape index (κ1) is 16.4. The Morgan fingerprint density at radius 3 is 2.60 bits per heavy atom. The number of nitrogens with one attached hydrogen (secondary N) is 1. The quantitative estimate of drug-likeness (QED) is 0.570. The molecule has 0 aromatic heterocycles. The van der Waals surface area contributed by atoms with E-state index in [1.54, 1.807) is 12.1 Å². The van der Waals surface area contributed by atoms with E-state index in [0.717, 1.165) is 0 Å². The minimum Gasteiger partial charge on any atom is -0.507 e. The Balaban J connectivity index is 2.58. The summed E-state index contributed by atoms with van der Waals surface area (Å²) < 4.78 is 4.72. The van der Waals surface area contributed by atoms with E-state index < -0.39 is 23.0 Å². The zero-order valence-corrected chi connectivity index (χ0v) is 12.2. The highest BCUT2D eigenvalue weighted by molar-refractivity contribution is 8.10. The van der Waals surface area contributed by atoms with Crippen molar-refractivity contribution in [2.75, 3.05) is 5.75 Å². The number of aromatic hydroxyl groups is 1. The smallest absolute Gasteiger partial charge is 0.341 e. The summed E-state index contributed by atoms with van der Waals surface area (Å²) in [6.07, 6.45) is 0. The molecule has 0 saturated heterocycles. The van der Waals surface area contributed by atoms with E-state index in [1.807, 2.05) is 0 Å². The van der Waals surface area contributed by atoms with Gasteiger partial charge >= 0.3 is 5.97 Å². The van der Waals surface area contributed by atoms with Gasteiger partial charge in [-0.1, -0.05) is 12.1 Å². The Kier molecular flexibility index (Phi) is 6.40. The molecule has 108 valence electrons. The first-order chi connectivity index (χ1) is 9.45. The maximum absolute atomic E-state index is 11.7. The molecular weight excluding hydrogens is 302 g/mol. The number of hydrogen-bond acceptors (Lipinski definition) is 7. The number of carbonyl (C=O) groups excluding carboxylic acids is 3. The van der Waals surface area contributed by atoms with Crippen LogP contribution >= 0.6 is 24.7 Å². The molecule has 0 saturated carbocycles. The number of para-hydroxylation sites is 1. The average Bonchev–Trinajstić information content (AvgIpc) is 2.42. The van der Waals surface area contributed by atoms with Gasteiger partial charge in [-0.3, -0.25) is 9.59 Å². The molecular formula is C12H13NO5S2. The van der Waals surface area contributed by atoms with Crippen LogP contribution in [0, 0.1) is 0 Å². The normalized spacial score (nSPS) is 11.5. The highest BCUT2D eigenvalue weighted by Gasteiger charge is 2.22. The van der Waals surface area contributed by atoms with Crippen molar-refractivity contribution in [1.29, 1.82) is 0 Å². The molecule has 0 radical (unpaired) electrons. The lowest BCUT2D eigenvalue weighted by Crippen LogP contribution is -2.41.